The van der Waals surface area contributed by atoms with Crippen molar-refractivity contribution in [3.05, 3.63) is 35.9 Å². The second-order valence-corrected chi connectivity index (χ2v) is 10.1. The average molecular weight is 643 g/mol. The van der Waals surface area contributed by atoms with Gasteiger partial charge in [0.2, 0.25) is 17.7 Å². The van der Waals surface area contributed by atoms with E-state index in [0.29, 0.717) is 5.56 Å². The Morgan fingerprint density at radius 1 is 0.727 bits per heavy atom. The first-order chi connectivity index (χ1) is 20.6. The molecule has 0 unspecified atom stereocenters. The molecule has 1 aromatic rings. The smallest absolute Gasteiger partial charge is 0.408 e. The summed E-state index contributed by atoms with van der Waals surface area (Å²) < 4.78 is 5.01. The van der Waals surface area contributed by atoms with Crippen LogP contribution in [-0.2, 0) is 44.9 Å². The van der Waals surface area contributed by atoms with Gasteiger partial charge in [-0.2, -0.15) is 0 Å². The van der Waals surface area contributed by atoms with Gasteiger partial charge in [-0.3, -0.25) is 33.6 Å². The molecule has 242 valence electrons. The quantitative estimate of drug-likeness (QED) is 0.0985. The molecule has 44 heavy (non-hydrogen) atoms. The van der Waals surface area contributed by atoms with Crippen LogP contribution in [0, 0.1) is 5.92 Å². The lowest BCUT2D eigenvalue weighted by molar-refractivity contribution is -0.141. The van der Waals surface area contributed by atoms with Crippen molar-refractivity contribution in [3.8, 4) is 0 Å². The Bertz CT molecular complexity index is 1210. The Morgan fingerprint density at radius 2 is 1.27 bits per heavy atom. The first-order valence-electron chi connectivity index (χ1n) is 13.3. The molecule has 0 aliphatic heterocycles. The van der Waals surface area contributed by atoms with E-state index in [1.807, 2.05) is 0 Å². The number of hydrogen-bond acceptors (Lipinski definition) is 9. The molecule has 4 atom stereocenters. The molecule has 0 heterocycles. The average Bonchev–Trinajstić information content (AvgIpc) is 2.95. The van der Waals surface area contributed by atoms with Crippen molar-refractivity contribution in [1.82, 2.24) is 21.3 Å². The van der Waals surface area contributed by atoms with Gasteiger partial charge in [-0.1, -0.05) is 44.2 Å². The van der Waals surface area contributed by atoms with Crippen LogP contribution in [0.15, 0.2) is 30.3 Å². The molecule has 0 aliphatic rings. The number of carboxylic acid groups (broad SMARTS) is 3. The number of benzene rings is 1. The molecule has 1 aromatic carbocycles. The van der Waals surface area contributed by atoms with E-state index in [1.54, 1.807) is 30.3 Å². The maximum Gasteiger partial charge on any atom is 0.408 e. The zero-order chi connectivity index (χ0) is 33.4. The molecule has 1 rings (SSSR count). The Balaban J connectivity index is 3.08. The highest BCUT2D eigenvalue weighted by Crippen LogP contribution is 2.08. The summed E-state index contributed by atoms with van der Waals surface area (Å²) in [5, 5.41) is 36.3. The summed E-state index contributed by atoms with van der Waals surface area (Å²) in [5.41, 5.74) is 0.609. The number of alkyl carbamates (subject to hydrolysis) is 1. The molecular weight excluding hydrogens is 608 g/mol. The van der Waals surface area contributed by atoms with Gasteiger partial charge in [-0.25, -0.2) is 4.79 Å². The van der Waals surface area contributed by atoms with Crippen molar-refractivity contribution in [2.45, 2.75) is 70.3 Å². The second kappa shape index (κ2) is 18.7. The van der Waals surface area contributed by atoms with Gasteiger partial charge >= 0.3 is 24.0 Å². The fraction of sp³-hybridized carbons (Fsp3) is 0.481. The predicted octanol–water partition coefficient (Wildman–Crippen LogP) is 0.0139. The number of carboxylic acids is 3. The standard InChI is InChI=1S/C27H35ClN4O12/c1-14(2)23(26(42)30-17(10-21(36)37)19(33)12-28)32-24(40)16(8-9-20(34)35)29-25(41)18(11-22(38)39)31-27(43)44-13-15-6-4-3-5-7-15/h3-7,14,16-18,23H,8-13H2,1-2H3,(H,29,41)(H,30,42)(H,31,43)(H,32,40)(H,34,35)(H,36,37)(H,38,39)/t16-,17+,18+,23-/m0/s1. The van der Waals surface area contributed by atoms with Gasteiger partial charge in [0.05, 0.1) is 24.8 Å². The van der Waals surface area contributed by atoms with Crippen molar-refractivity contribution in [2.24, 2.45) is 5.92 Å². The summed E-state index contributed by atoms with van der Waals surface area (Å²) in [6, 6.07) is 2.21. The molecule has 0 radical (unpaired) electrons. The van der Waals surface area contributed by atoms with Crippen LogP contribution < -0.4 is 21.3 Å². The summed E-state index contributed by atoms with van der Waals surface area (Å²) in [7, 11) is 0. The molecule has 0 aliphatic carbocycles. The van der Waals surface area contributed by atoms with E-state index in [4.69, 9.17) is 26.6 Å². The number of hydrogen-bond donors (Lipinski definition) is 7. The number of halogens is 1. The molecule has 4 amide bonds. The summed E-state index contributed by atoms with van der Waals surface area (Å²) >= 11 is 5.50. The van der Waals surface area contributed by atoms with E-state index < -0.39 is 109 Å². The molecule has 0 aromatic heterocycles. The minimum absolute atomic E-state index is 0.194. The maximum absolute atomic E-state index is 13.2. The fourth-order valence-electron chi connectivity index (χ4n) is 3.66. The first-order valence-corrected chi connectivity index (χ1v) is 13.8. The van der Waals surface area contributed by atoms with Crippen molar-refractivity contribution < 1.29 is 58.4 Å². The number of amides is 4. The van der Waals surface area contributed by atoms with Crippen LogP contribution in [0.1, 0.15) is 45.1 Å². The van der Waals surface area contributed by atoms with Gasteiger partial charge in [0, 0.05) is 6.42 Å². The second-order valence-electron chi connectivity index (χ2n) is 9.84. The van der Waals surface area contributed by atoms with Crippen LogP contribution in [-0.4, -0.2) is 92.9 Å². The lowest BCUT2D eigenvalue weighted by Crippen LogP contribution is -2.59. The minimum atomic E-state index is -1.74. The molecule has 7 N–H and O–H groups in total. The zero-order valence-corrected chi connectivity index (χ0v) is 24.7. The van der Waals surface area contributed by atoms with Crippen molar-refractivity contribution in [3.63, 3.8) is 0 Å². The number of rotatable bonds is 19. The van der Waals surface area contributed by atoms with E-state index in [0.717, 1.165) is 0 Å². The number of carbonyl (C=O) groups is 8. The zero-order valence-electron chi connectivity index (χ0n) is 23.9. The van der Waals surface area contributed by atoms with Gasteiger partial charge in [0.25, 0.3) is 0 Å². The number of carbonyl (C=O) groups excluding carboxylic acids is 5. The Kier molecular flexibility index (Phi) is 15.9. The lowest BCUT2D eigenvalue weighted by atomic mass is 10.0. The number of alkyl halides is 1. The molecular formula is C27H35ClN4O12. The summed E-state index contributed by atoms with van der Waals surface area (Å²) in [5.74, 6) is -9.41. The topological polar surface area (TPSA) is 255 Å². The van der Waals surface area contributed by atoms with Crippen LogP contribution in [0.3, 0.4) is 0 Å². The van der Waals surface area contributed by atoms with E-state index in [9.17, 15) is 43.5 Å². The van der Waals surface area contributed by atoms with Crippen LogP contribution in [0.5, 0.6) is 0 Å². The monoisotopic (exact) mass is 642 g/mol. The number of Topliss-reactive ketones (excluding diaryl/α,β-unsaturated/α-hetero) is 1. The third-order valence-electron chi connectivity index (χ3n) is 5.94. The Hall–Kier alpha value is -4.73. The highest BCUT2D eigenvalue weighted by molar-refractivity contribution is 6.28. The fourth-order valence-corrected chi connectivity index (χ4v) is 3.85. The normalized spacial score (nSPS) is 13.4. The Labute approximate surface area is 256 Å². The molecule has 0 saturated carbocycles. The highest BCUT2D eigenvalue weighted by atomic mass is 35.5. The van der Waals surface area contributed by atoms with E-state index in [1.165, 1.54) is 13.8 Å². The molecule has 0 fully saturated rings. The largest absolute Gasteiger partial charge is 0.481 e. The van der Waals surface area contributed by atoms with Gasteiger partial charge < -0.3 is 41.3 Å². The SMILES string of the molecule is CC(C)[C@H](NC(=O)[C@H](CCC(=O)O)NC(=O)[C@@H](CC(=O)O)NC(=O)OCc1ccccc1)C(=O)N[C@H](CC(=O)O)C(=O)CCl. The maximum atomic E-state index is 13.2. The van der Waals surface area contributed by atoms with Gasteiger partial charge in [-0.05, 0) is 17.9 Å². The lowest BCUT2D eigenvalue weighted by Gasteiger charge is -2.27. The molecule has 0 spiro atoms. The van der Waals surface area contributed by atoms with Gasteiger partial charge in [0.15, 0.2) is 5.78 Å². The highest BCUT2D eigenvalue weighted by Gasteiger charge is 2.34. The third kappa shape index (κ3) is 14.0. The molecule has 17 heteroatoms. The van der Waals surface area contributed by atoms with Crippen molar-refractivity contribution in [1.29, 1.82) is 0 Å². The van der Waals surface area contributed by atoms with Crippen LogP contribution in [0.2, 0.25) is 0 Å². The van der Waals surface area contributed by atoms with Crippen LogP contribution in [0.4, 0.5) is 4.79 Å². The summed E-state index contributed by atoms with van der Waals surface area (Å²) in [6.07, 6.45) is -3.96. The summed E-state index contributed by atoms with van der Waals surface area (Å²) in [4.78, 5) is 97.2. The van der Waals surface area contributed by atoms with Gasteiger partial charge in [0.1, 0.15) is 24.7 Å². The van der Waals surface area contributed by atoms with Crippen molar-refractivity contribution >= 4 is 59.1 Å². The van der Waals surface area contributed by atoms with Crippen LogP contribution in [0.25, 0.3) is 0 Å². The number of ketones is 1. The minimum Gasteiger partial charge on any atom is -0.481 e. The van der Waals surface area contributed by atoms with Gasteiger partial charge in [-0.15, -0.1) is 11.6 Å². The molecule has 0 saturated heterocycles. The van der Waals surface area contributed by atoms with Crippen LogP contribution >= 0.6 is 11.6 Å². The van der Waals surface area contributed by atoms with Crippen molar-refractivity contribution in [2.75, 3.05) is 5.88 Å². The third-order valence-corrected chi connectivity index (χ3v) is 6.21. The summed E-state index contributed by atoms with van der Waals surface area (Å²) in [6.45, 7) is 2.83. The predicted molar refractivity (Wildman–Crippen MR) is 151 cm³/mol. The molecule has 0 bridgehead atoms. The van der Waals surface area contributed by atoms with E-state index in [2.05, 4.69) is 21.3 Å². The number of aliphatic carboxylic acids is 3. The molecule has 16 nitrogen and oxygen atoms in total. The van der Waals surface area contributed by atoms with E-state index >= 15 is 0 Å². The van der Waals surface area contributed by atoms with E-state index in [-0.39, 0.29) is 6.61 Å². The number of nitrogens with one attached hydrogen (secondary N) is 4. The number of ether oxygens (including phenoxy) is 1. The Morgan fingerprint density at radius 3 is 1.80 bits per heavy atom. The first kappa shape index (κ1) is 37.3.